The van der Waals surface area contributed by atoms with Crippen molar-refractivity contribution >= 4 is 17.5 Å². The van der Waals surface area contributed by atoms with Crippen LogP contribution >= 0.6 is 0 Å². The summed E-state index contributed by atoms with van der Waals surface area (Å²) in [5, 5.41) is 3.86. The van der Waals surface area contributed by atoms with Crippen molar-refractivity contribution in [1.82, 2.24) is 10.3 Å². The number of amides is 2. The first-order valence-electron chi connectivity index (χ1n) is 6.31. The fourth-order valence-corrected chi connectivity index (χ4v) is 2.28. The third-order valence-corrected chi connectivity index (χ3v) is 3.46. The fraction of sp³-hybridized carbons (Fsp3) is 0.750. The number of hydrogen-bond donors (Lipinski definition) is 1. The number of nitrogens with zero attached hydrogens (tertiary/aromatic N) is 2. The molecule has 2 amide bonds. The fourth-order valence-electron chi connectivity index (χ4n) is 2.28. The third kappa shape index (κ3) is 3.05. The molecule has 0 radical (unpaired) electrons. The van der Waals surface area contributed by atoms with Gasteiger partial charge in [-0.1, -0.05) is 6.92 Å². The Morgan fingerprint density at radius 2 is 2.18 bits per heavy atom. The largest absolute Gasteiger partial charge is 0.338 e. The second kappa shape index (κ2) is 5.29. The van der Waals surface area contributed by atoms with Crippen molar-refractivity contribution in [3.8, 4) is 0 Å². The van der Waals surface area contributed by atoms with Crippen LogP contribution in [0.1, 0.15) is 39.0 Å². The van der Waals surface area contributed by atoms with E-state index < -0.39 is 0 Å². The molecule has 0 aromatic rings. The zero-order valence-corrected chi connectivity index (χ0v) is 10.2. The molecule has 5 heteroatoms. The molecular formula is C12H19N3O2. The number of carbonyl (C=O) groups excluding carboxylic acids is 2. The van der Waals surface area contributed by atoms with Crippen LogP contribution in [0.2, 0.25) is 0 Å². The molecule has 2 heterocycles. The van der Waals surface area contributed by atoms with E-state index in [-0.39, 0.29) is 11.8 Å². The number of nitrogens with one attached hydrogen (secondary N) is 1. The predicted molar refractivity (Wildman–Crippen MR) is 64.4 cm³/mol. The minimum atomic E-state index is -0.106. The molecule has 2 aliphatic heterocycles. The predicted octanol–water partition coefficient (Wildman–Crippen LogP) is 0.901. The van der Waals surface area contributed by atoms with Crippen LogP contribution in [0.25, 0.3) is 0 Å². The van der Waals surface area contributed by atoms with Crippen LogP contribution in [0.3, 0.4) is 0 Å². The summed E-state index contributed by atoms with van der Waals surface area (Å²) in [4.78, 5) is 25.0. The van der Waals surface area contributed by atoms with Gasteiger partial charge in [0.15, 0.2) is 0 Å². The first-order valence-corrected chi connectivity index (χ1v) is 6.31. The van der Waals surface area contributed by atoms with Gasteiger partial charge in [-0.05, 0) is 25.2 Å². The van der Waals surface area contributed by atoms with Crippen molar-refractivity contribution in [3.05, 3.63) is 0 Å². The maximum absolute atomic E-state index is 12.2. The molecule has 1 fully saturated rings. The van der Waals surface area contributed by atoms with E-state index in [1.54, 1.807) is 0 Å². The molecule has 2 rings (SSSR count). The molecule has 0 spiro atoms. The molecular weight excluding hydrogens is 218 g/mol. The van der Waals surface area contributed by atoms with Gasteiger partial charge in [0.2, 0.25) is 5.91 Å². The Morgan fingerprint density at radius 1 is 1.35 bits per heavy atom. The van der Waals surface area contributed by atoms with E-state index >= 15 is 0 Å². The van der Waals surface area contributed by atoms with Gasteiger partial charge in [0, 0.05) is 25.9 Å². The average molecular weight is 237 g/mol. The van der Waals surface area contributed by atoms with Crippen molar-refractivity contribution in [3.63, 3.8) is 0 Å². The summed E-state index contributed by atoms with van der Waals surface area (Å²) in [5.41, 5.74) is 2.88. The summed E-state index contributed by atoms with van der Waals surface area (Å²) in [5.74, 6) is 0.589. The first kappa shape index (κ1) is 12.1. The zero-order valence-electron chi connectivity index (χ0n) is 10.2. The molecule has 0 aromatic heterocycles. The Hall–Kier alpha value is -1.39. The van der Waals surface area contributed by atoms with Crippen LogP contribution < -0.4 is 5.43 Å². The third-order valence-electron chi connectivity index (χ3n) is 3.46. The molecule has 0 bridgehead atoms. The number of carbonyl (C=O) groups is 2. The van der Waals surface area contributed by atoms with Gasteiger partial charge in [-0.25, -0.2) is 5.43 Å². The zero-order chi connectivity index (χ0) is 12.3. The number of likely N-dealkylation sites (tertiary alicyclic amines) is 1. The molecule has 1 unspecified atom stereocenters. The summed E-state index contributed by atoms with van der Waals surface area (Å²) in [6, 6.07) is 0. The lowest BCUT2D eigenvalue weighted by Gasteiger charge is -2.22. The van der Waals surface area contributed by atoms with E-state index in [2.05, 4.69) is 17.5 Å². The van der Waals surface area contributed by atoms with Gasteiger partial charge < -0.3 is 4.90 Å². The van der Waals surface area contributed by atoms with E-state index in [1.807, 2.05) is 4.90 Å². The van der Waals surface area contributed by atoms with E-state index in [4.69, 9.17) is 0 Å². The lowest BCUT2D eigenvalue weighted by atomic mass is 10.0. The van der Waals surface area contributed by atoms with Crippen LogP contribution in [0.4, 0.5) is 0 Å². The molecule has 0 aliphatic carbocycles. The summed E-state index contributed by atoms with van der Waals surface area (Å²) in [7, 11) is 0. The summed E-state index contributed by atoms with van der Waals surface area (Å²) in [6.45, 7) is 3.86. The monoisotopic (exact) mass is 237 g/mol. The Labute approximate surface area is 101 Å². The van der Waals surface area contributed by atoms with Gasteiger partial charge in [0.25, 0.3) is 5.91 Å². The second-order valence-electron chi connectivity index (χ2n) is 4.92. The quantitative estimate of drug-likeness (QED) is 0.736. The summed E-state index contributed by atoms with van der Waals surface area (Å²) in [6.07, 6.45) is 4.15. The number of hydrazone groups is 1. The highest BCUT2D eigenvalue weighted by atomic mass is 16.2. The average Bonchev–Trinajstić information content (AvgIpc) is 2.54. The molecule has 5 nitrogen and oxygen atoms in total. The second-order valence-corrected chi connectivity index (χ2v) is 4.92. The standard InChI is InChI=1S/C12H19N3O2/c1-9-3-2-7-15(8-6-9)12(17)10-4-5-11(16)14-13-10/h9H,2-8H2,1H3,(H,14,16). The van der Waals surface area contributed by atoms with E-state index in [9.17, 15) is 9.59 Å². The van der Waals surface area contributed by atoms with Gasteiger partial charge in [0.05, 0.1) is 0 Å². The van der Waals surface area contributed by atoms with Crippen molar-refractivity contribution in [1.29, 1.82) is 0 Å². The van der Waals surface area contributed by atoms with Crippen molar-refractivity contribution in [2.75, 3.05) is 13.1 Å². The van der Waals surface area contributed by atoms with E-state index in [0.29, 0.717) is 24.5 Å². The highest BCUT2D eigenvalue weighted by Crippen LogP contribution is 2.17. The SMILES string of the molecule is CC1CCCN(C(=O)C2=NNC(=O)CC2)CC1. The first-order chi connectivity index (χ1) is 8.16. The topological polar surface area (TPSA) is 61.8 Å². The highest BCUT2D eigenvalue weighted by molar-refractivity contribution is 6.39. The summed E-state index contributed by atoms with van der Waals surface area (Å²) >= 11 is 0. The lowest BCUT2D eigenvalue weighted by molar-refractivity contribution is -0.124. The molecule has 0 aromatic carbocycles. The molecule has 0 saturated carbocycles. The van der Waals surface area contributed by atoms with Crippen molar-refractivity contribution in [2.24, 2.45) is 11.0 Å². The van der Waals surface area contributed by atoms with Crippen LogP contribution in [0, 0.1) is 5.92 Å². The lowest BCUT2D eigenvalue weighted by Crippen LogP contribution is -2.40. The minimum absolute atomic E-state index is 0.000833. The highest BCUT2D eigenvalue weighted by Gasteiger charge is 2.25. The van der Waals surface area contributed by atoms with Crippen LogP contribution in [-0.2, 0) is 9.59 Å². The molecule has 2 aliphatic rings. The molecule has 17 heavy (non-hydrogen) atoms. The summed E-state index contributed by atoms with van der Waals surface area (Å²) < 4.78 is 0. The number of rotatable bonds is 1. The maximum atomic E-state index is 12.2. The van der Waals surface area contributed by atoms with Gasteiger partial charge >= 0.3 is 0 Å². The Bertz CT molecular complexity index is 352. The maximum Gasteiger partial charge on any atom is 0.270 e. The number of hydrogen-bond acceptors (Lipinski definition) is 3. The van der Waals surface area contributed by atoms with Crippen molar-refractivity contribution in [2.45, 2.75) is 39.0 Å². The van der Waals surface area contributed by atoms with Crippen LogP contribution in [-0.4, -0.2) is 35.5 Å². The smallest absolute Gasteiger partial charge is 0.270 e. The van der Waals surface area contributed by atoms with Gasteiger partial charge in [0.1, 0.15) is 5.71 Å². The van der Waals surface area contributed by atoms with E-state index in [0.717, 1.165) is 25.9 Å². The molecule has 1 atom stereocenters. The molecule has 1 N–H and O–H groups in total. The minimum Gasteiger partial charge on any atom is -0.338 e. The Balaban J connectivity index is 1.97. The Morgan fingerprint density at radius 3 is 2.88 bits per heavy atom. The van der Waals surface area contributed by atoms with Gasteiger partial charge in [-0.2, -0.15) is 5.10 Å². The molecule has 94 valence electrons. The van der Waals surface area contributed by atoms with Gasteiger partial charge in [-0.3, -0.25) is 9.59 Å². The van der Waals surface area contributed by atoms with Crippen LogP contribution in [0.5, 0.6) is 0 Å². The van der Waals surface area contributed by atoms with Gasteiger partial charge in [-0.15, -0.1) is 0 Å². The van der Waals surface area contributed by atoms with Crippen LogP contribution in [0.15, 0.2) is 5.10 Å². The normalized spacial score (nSPS) is 25.9. The molecule has 1 saturated heterocycles. The van der Waals surface area contributed by atoms with E-state index in [1.165, 1.54) is 6.42 Å². The Kier molecular flexibility index (Phi) is 3.76. The van der Waals surface area contributed by atoms with Crippen molar-refractivity contribution < 1.29 is 9.59 Å².